The molecule has 0 radical (unpaired) electrons. The number of pyridine rings is 1. The van der Waals surface area contributed by atoms with Crippen LogP contribution in [0.1, 0.15) is 12.0 Å². The van der Waals surface area contributed by atoms with Crippen LogP contribution in [0.4, 0.5) is 9.52 Å². The maximum absolute atomic E-state index is 13.0. The monoisotopic (exact) mass is 369 g/mol. The number of benzene rings is 1. The molecule has 0 bridgehead atoms. The Morgan fingerprint density at radius 3 is 2.81 bits per heavy atom. The van der Waals surface area contributed by atoms with Crippen LogP contribution in [0.5, 0.6) is 0 Å². The third-order valence-corrected chi connectivity index (χ3v) is 5.07. The zero-order valence-electron chi connectivity index (χ0n) is 13.8. The van der Waals surface area contributed by atoms with Crippen LogP contribution in [0.15, 0.2) is 48.7 Å². The number of anilines is 1. The molecule has 0 aliphatic carbocycles. The lowest BCUT2D eigenvalue weighted by Crippen LogP contribution is -2.33. The van der Waals surface area contributed by atoms with Crippen LogP contribution >= 0.6 is 11.3 Å². The molecular formula is C18H16FN5OS. The van der Waals surface area contributed by atoms with Gasteiger partial charge in [0, 0.05) is 19.3 Å². The van der Waals surface area contributed by atoms with Gasteiger partial charge in [0.1, 0.15) is 17.6 Å². The first kappa shape index (κ1) is 16.6. The van der Waals surface area contributed by atoms with E-state index in [4.69, 9.17) is 0 Å². The summed E-state index contributed by atoms with van der Waals surface area (Å²) in [6.45, 7) is 1.13. The van der Waals surface area contributed by atoms with Crippen LogP contribution in [0.25, 0.3) is 10.7 Å². The molecule has 26 heavy (non-hydrogen) atoms. The molecule has 3 heterocycles. The number of hydrogen-bond donors (Lipinski definition) is 1. The lowest BCUT2D eigenvalue weighted by atomic mass is 10.2. The molecule has 0 spiro atoms. The Labute approximate surface area is 153 Å². The summed E-state index contributed by atoms with van der Waals surface area (Å²) in [5.74, 6) is -0.259. The van der Waals surface area contributed by atoms with E-state index in [9.17, 15) is 9.18 Å². The van der Waals surface area contributed by atoms with Gasteiger partial charge in [-0.3, -0.25) is 9.78 Å². The number of carbonyl (C=O) groups is 1. The fourth-order valence-corrected chi connectivity index (χ4v) is 3.64. The predicted octanol–water partition coefficient (Wildman–Crippen LogP) is 2.95. The summed E-state index contributed by atoms with van der Waals surface area (Å²) < 4.78 is 13.0. The van der Waals surface area contributed by atoms with Crippen LogP contribution in [0, 0.1) is 5.82 Å². The van der Waals surface area contributed by atoms with E-state index >= 15 is 0 Å². The second-order valence-corrected chi connectivity index (χ2v) is 6.98. The van der Waals surface area contributed by atoms with Gasteiger partial charge in [0.15, 0.2) is 5.01 Å². The molecule has 6 nitrogen and oxygen atoms in total. The second-order valence-electron chi connectivity index (χ2n) is 6.00. The van der Waals surface area contributed by atoms with Crippen molar-refractivity contribution in [1.82, 2.24) is 20.1 Å². The normalized spacial score (nSPS) is 16.9. The lowest BCUT2D eigenvalue weighted by Gasteiger charge is -2.17. The van der Waals surface area contributed by atoms with Crippen LogP contribution in [0.3, 0.4) is 0 Å². The molecule has 132 valence electrons. The standard InChI is InChI=1S/C18H16FN5OS/c19-13-6-4-12(5-7-13)11-24-10-8-15(17(24)25)21-18-23-22-16(26-18)14-3-1-2-9-20-14/h1-7,9,15H,8,10-11H2,(H,21,23). The van der Waals surface area contributed by atoms with E-state index in [-0.39, 0.29) is 17.8 Å². The minimum Gasteiger partial charge on any atom is -0.348 e. The smallest absolute Gasteiger partial charge is 0.245 e. The molecule has 1 fully saturated rings. The predicted molar refractivity (Wildman–Crippen MR) is 97.0 cm³/mol. The van der Waals surface area contributed by atoms with Gasteiger partial charge in [-0.2, -0.15) is 0 Å². The average Bonchev–Trinajstić information content (AvgIpc) is 3.27. The van der Waals surface area contributed by atoms with Gasteiger partial charge in [0.25, 0.3) is 0 Å². The van der Waals surface area contributed by atoms with Gasteiger partial charge in [-0.05, 0) is 36.2 Å². The number of nitrogens with zero attached hydrogens (tertiary/aromatic N) is 4. The van der Waals surface area contributed by atoms with E-state index in [1.54, 1.807) is 23.2 Å². The number of amides is 1. The minimum atomic E-state index is -0.319. The minimum absolute atomic E-state index is 0.0175. The van der Waals surface area contributed by atoms with E-state index < -0.39 is 0 Å². The lowest BCUT2D eigenvalue weighted by molar-refractivity contribution is -0.128. The zero-order valence-corrected chi connectivity index (χ0v) is 14.6. The Balaban J connectivity index is 1.39. The summed E-state index contributed by atoms with van der Waals surface area (Å²) in [5.41, 5.74) is 1.67. The highest BCUT2D eigenvalue weighted by molar-refractivity contribution is 7.18. The fraction of sp³-hybridized carbons (Fsp3) is 0.222. The summed E-state index contributed by atoms with van der Waals surface area (Å²) in [4.78, 5) is 18.6. The first-order valence-corrected chi connectivity index (χ1v) is 9.05. The summed E-state index contributed by atoms with van der Waals surface area (Å²) in [6, 6.07) is 11.5. The number of carbonyl (C=O) groups excluding carboxylic acids is 1. The summed E-state index contributed by atoms with van der Waals surface area (Å²) in [6.07, 6.45) is 2.40. The number of aromatic nitrogens is 3. The molecule has 1 aliphatic rings. The van der Waals surface area contributed by atoms with Gasteiger partial charge in [-0.25, -0.2) is 4.39 Å². The summed E-state index contributed by atoms with van der Waals surface area (Å²) >= 11 is 1.37. The van der Waals surface area contributed by atoms with Crippen LogP contribution in [-0.2, 0) is 11.3 Å². The van der Waals surface area contributed by atoms with Crippen molar-refractivity contribution in [3.8, 4) is 10.7 Å². The van der Waals surface area contributed by atoms with Crippen LogP contribution in [-0.4, -0.2) is 38.6 Å². The Morgan fingerprint density at radius 2 is 2.04 bits per heavy atom. The molecule has 2 aromatic heterocycles. The molecule has 1 amide bonds. The van der Waals surface area contributed by atoms with E-state index in [2.05, 4.69) is 20.5 Å². The molecule has 0 saturated carbocycles. The SMILES string of the molecule is O=C1C(Nc2nnc(-c3ccccn3)s2)CCN1Cc1ccc(F)cc1. The molecule has 1 aromatic carbocycles. The van der Waals surface area contributed by atoms with Gasteiger partial charge in [-0.15, -0.1) is 10.2 Å². The van der Waals surface area contributed by atoms with E-state index in [1.807, 2.05) is 18.2 Å². The largest absolute Gasteiger partial charge is 0.348 e. The van der Waals surface area contributed by atoms with Gasteiger partial charge in [0.2, 0.25) is 11.0 Å². The topological polar surface area (TPSA) is 71.0 Å². The summed E-state index contributed by atoms with van der Waals surface area (Å²) in [5, 5.41) is 12.7. The Kier molecular flexibility index (Phi) is 4.57. The molecule has 1 N–H and O–H groups in total. The molecular weight excluding hydrogens is 353 g/mol. The molecule has 1 unspecified atom stereocenters. The second kappa shape index (κ2) is 7.17. The van der Waals surface area contributed by atoms with E-state index in [0.717, 1.165) is 11.3 Å². The zero-order chi connectivity index (χ0) is 17.9. The number of likely N-dealkylation sites (tertiary alicyclic amines) is 1. The first-order valence-electron chi connectivity index (χ1n) is 8.24. The highest BCUT2D eigenvalue weighted by Crippen LogP contribution is 2.26. The average molecular weight is 369 g/mol. The number of hydrogen-bond acceptors (Lipinski definition) is 6. The molecule has 1 atom stereocenters. The van der Waals surface area contributed by atoms with Gasteiger partial charge in [0.05, 0.1) is 0 Å². The number of halogens is 1. The quantitative estimate of drug-likeness (QED) is 0.749. The van der Waals surface area contributed by atoms with Gasteiger partial charge in [-0.1, -0.05) is 29.5 Å². The van der Waals surface area contributed by atoms with Crippen molar-refractivity contribution in [1.29, 1.82) is 0 Å². The van der Waals surface area contributed by atoms with Gasteiger partial charge >= 0.3 is 0 Å². The van der Waals surface area contributed by atoms with E-state index in [1.165, 1.54) is 23.5 Å². The van der Waals surface area contributed by atoms with Crippen molar-refractivity contribution in [2.24, 2.45) is 0 Å². The molecule has 3 aromatic rings. The Bertz CT molecular complexity index is 899. The molecule has 1 aliphatic heterocycles. The van der Waals surface area contributed by atoms with Crippen LogP contribution < -0.4 is 5.32 Å². The third-order valence-electron chi connectivity index (χ3n) is 4.19. The van der Waals surface area contributed by atoms with Crippen LogP contribution in [0.2, 0.25) is 0 Å². The van der Waals surface area contributed by atoms with Crippen molar-refractivity contribution in [3.05, 3.63) is 60.0 Å². The Hall–Kier alpha value is -2.87. The van der Waals surface area contributed by atoms with Gasteiger partial charge < -0.3 is 10.2 Å². The van der Waals surface area contributed by atoms with Crippen molar-refractivity contribution in [2.75, 3.05) is 11.9 Å². The van der Waals surface area contributed by atoms with E-state index in [0.29, 0.717) is 29.6 Å². The highest BCUT2D eigenvalue weighted by atomic mass is 32.1. The summed E-state index contributed by atoms with van der Waals surface area (Å²) in [7, 11) is 0. The third kappa shape index (κ3) is 3.55. The molecule has 4 rings (SSSR count). The molecule has 8 heteroatoms. The highest BCUT2D eigenvalue weighted by Gasteiger charge is 2.32. The fourth-order valence-electron chi connectivity index (χ4n) is 2.86. The number of rotatable bonds is 5. The maximum Gasteiger partial charge on any atom is 0.245 e. The maximum atomic E-state index is 13.0. The molecule has 1 saturated heterocycles. The van der Waals surface area contributed by atoms with Crippen molar-refractivity contribution >= 4 is 22.4 Å². The number of nitrogens with one attached hydrogen (secondary N) is 1. The van der Waals surface area contributed by atoms with Crippen molar-refractivity contribution in [2.45, 2.75) is 19.0 Å². The first-order chi connectivity index (χ1) is 12.7. The Morgan fingerprint density at radius 1 is 1.19 bits per heavy atom. The van der Waals surface area contributed by atoms with Crippen molar-refractivity contribution < 1.29 is 9.18 Å². The van der Waals surface area contributed by atoms with Crippen molar-refractivity contribution in [3.63, 3.8) is 0 Å².